The van der Waals surface area contributed by atoms with Crippen LogP contribution in [0.4, 0.5) is 5.69 Å². The van der Waals surface area contributed by atoms with Crippen molar-refractivity contribution in [3.63, 3.8) is 0 Å². The fourth-order valence-electron chi connectivity index (χ4n) is 3.72. The highest BCUT2D eigenvalue weighted by Crippen LogP contribution is 2.32. The summed E-state index contributed by atoms with van der Waals surface area (Å²) in [5.41, 5.74) is 5.14. The van der Waals surface area contributed by atoms with Gasteiger partial charge in [0, 0.05) is 22.1 Å². The molecule has 0 bridgehead atoms. The third-order valence-electron chi connectivity index (χ3n) is 5.31. The highest BCUT2D eigenvalue weighted by Gasteiger charge is 2.35. The van der Waals surface area contributed by atoms with E-state index in [1.54, 1.807) is 18.2 Å². The zero-order chi connectivity index (χ0) is 23.2. The fraction of sp³-hybridized carbons (Fsp3) is 0.125. The molecule has 8 heteroatoms. The molecule has 0 atom stereocenters. The van der Waals surface area contributed by atoms with Gasteiger partial charge in [0.2, 0.25) is 0 Å². The molecule has 2 amide bonds. The van der Waals surface area contributed by atoms with Crippen molar-refractivity contribution in [3.8, 4) is 5.69 Å². The molecule has 0 aliphatic carbocycles. The number of nitrogens with one attached hydrogen (secondary N) is 1. The molecule has 4 rings (SSSR count). The number of hydrogen-bond donors (Lipinski definition) is 1. The van der Waals surface area contributed by atoms with Gasteiger partial charge in [-0.15, -0.1) is 0 Å². The Labute approximate surface area is 201 Å². The number of halogens is 2. The van der Waals surface area contributed by atoms with E-state index in [1.807, 2.05) is 51.1 Å². The van der Waals surface area contributed by atoms with E-state index in [2.05, 4.69) is 9.88 Å². The topological polar surface area (TPSA) is 54.3 Å². The van der Waals surface area contributed by atoms with Gasteiger partial charge in [-0.05, 0) is 81.0 Å². The van der Waals surface area contributed by atoms with Crippen molar-refractivity contribution in [3.05, 3.63) is 86.7 Å². The van der Waals surface area contributed by atoms with Crippen LogP contribution in [-0.2, 0) is 9.59 Å². The SMILES string of the molecule is Cc1ccc(-n2c(C)cc(C=C3C(=O)NC(=S)N(c4ccc(Cl)cc4Cl)C3=O)c2C)cc1. The van der Waals surface area contributed by atoms with Crippen LogP contribution in [0.1, 0.15) is 22.5 Å². The summed E-state index contributed by atoms with van der Waals surface area (Å²) >= 11 is 17.5. The number of carbonyl (C=O) groups excluding carboxylic acids is 2. The monoisotopic (exact) mass is 483 g/mol. The molecule has 1 aromatic heterocycles. The Bertz CT molecular complexity index is 1310. The normalized spacial score (nSPS) is 15.5. The fourth-order valence-corrected chi connectivity index (χ4v) is 4.49. The van der Waals surface area contributed by atoms with Gasteiger partial charge in [0.05, 0.1) is 10.7 Å². The van der Waals surface area contributed by atoms with Crippen molar-refractivity contribution < 1.29 is 9.59 Å². The highest BCUT2D eigenvalue weighted by atomic mass is 35.5. The van der Waals surface area contributed by atoms with Crippen molar-refractivity contribution >= 4 is 64.1 Å². The van der Waals surface area contributed by atoms with E-state index in [0.29, 0.717) is 10.7 Å². The average molecular weight is 484 g/mol. The summed E-state index contributed by atoms with van der Waals surface area (Å²) in [5.74, 6) is -1.11. The zero-order valence-electron chi connectivity index (χ0n) is 17.6. The second-order valence-corrected chi connectivity index (χ2v) is 8.78. The zero-order valence-corrected chi connectivity index (χ0v) is 19.9. The summed E-state index contributed by atoms with van der Waals surface area (Å²) in [6.07, 6.45) is 1.59. The molecule has 2 heterocycles. The molecular weight excluding hydrogens is 465 g/mol. The van der Waals surface area contributed by atoms with E-state index in [1.165, 1.54) is 16.5 Å². The number of carbonyl (C=O) groups is 2. The van der Waals surface area contributed by atoms with Crippen LogP contribution in [0.3, 0.4) is 0 Å². The summed E-state index contributed by atoms with van der Waals surface area (Å²) in [6.45, 7) is 5.96. The van der Waals surface area contributed by atoms with Gasteiger partial charge in [-0.25, -0.2) is 0 Å². The second kappa shape index (κ2) is 8.54. The molecule has 1 fully saturated rings. The first-order valence-electron chi connectivity index (χ1n) is 9.80. The van der Waals surface area contributed by atoms with Crippen molar-refractivity contribution in [2.75, 3.05) is 4.90 Å². The molecular formula is C24H19Cl2N3O2S. The van der Waals surface area contributed by atoms with Crippen LogP contribution in [0, 0.1) is 20.8 Å². The quantitative estimate of drug-likeness (QED) is 0.302. The van der Waals surface area contributed by atoms with Crippen molar-refractivity contribution in [2.45, 2.75) is 20.8 Å². The van der Waals surface area contributed by atoms with Gasteiger partial charge in [0.25, 0.3) is 11.8 Å². The molecule has 1 aliphatic heterocycles. The van der Waals surface area contributed by atoms with E-state index in [0.717, 1.165) is 22.6 Å². The maximum absolute atomic E-state index is 13.3. The molecule has 0 spiro atoms. The van der Waals surface area contributed by atoms with E-state index in [9.17, 15) is 9.59 Å². The first-order valence-corrected chi connectivity index (χ1v) is 11.0. The van der Waals surface area contributed by atoms with Gasteiger partial charge < -0.3 is 4.57 Å². The maximum Gasteiger partial charge on any atom is 0.270 e. The Morgan fingerprint density at radius 2 is 1.66 bits per heavy atom. The van der Waals surface area contributed by atoms with Crippen LogP contribution in [0.2, 0.25) is 10.0 Å². The number of aryl methyl sites for hydroxylation is 2. The van der Waals surface area contributed by atoms with Crippen LogP contribution < -0.4 is 10.2 Å². The maximum atomic E-state index is 13.3. The number of nitrogens with zero attached hydrogens (tertiary/aromatic N) is 2. The van der Waals surface area contributed by atoms with Crippen molar-refractivity contribution in [2.24, 2.45) is 0 Å². The smallest absolute Gasteiger partial charge is 0.270 e. The van der Waals surface area contributed by atoms with Gasteiger partial charge in [0.15, 0.2) is 5.11 Å². The minimum absolute atomic E-state index is 0.0335. The predicted octanol–water partition coefficient (Wildman–Crippen LogP) is 5.54. The van der Waals surface area contributed by atoms with E-state index >= 15 is 0 Å². The first-order chi connectivity index (χ1) is 15.2. The molecule has 0 saturated carbocycles. The summed E-state index contributed by atoms with van der Waals surface area (Å²) in [4.78, 5) is 27.2. The Morgan fingerprint density at radius 1 is 0.969 bits per heavy atom. The first kappa shape index (κ1) is 22.3. The van der Waals surface area contributed by atoms with E-state index in [-0.39, 0.29) is 15.7 Å². The molecule has 1 N–H and O–H groups in total. The average Bonchev–Trinajstić information content (AvgIpc) is 3.00. The number of rotatable bonds is 3. The summed E-state index contributed by atoms with van der Waals surface area (Å²) in [6, 6.07) is 14.8. The molecule has 2 aromatic carbocycles. The van der Waals surface area contributed by atoms with Gasteiger partial charge in [-0.2, -0.15) is 0 Å². The number of anilines is 1. The molecule has 0 unspecified atom stereocenters. The molecule has 32 heavy (non-hydrogen) atoms. The van der Waals surface area contributed by atoms with Crippen molar-refractivity contribution in [1.82, 2.24) is 9.88 Å². The standard InChI is InChI=1S/C24H19Cl2N3O2S/c1-13-4-7-18(8-5-13)28-14(2)10-16(15(28)3)11-19-22(30)27-24(32)29(23(19)31)21-9-6-17(25)12-20(21)26/h4-12H,1-3H3,(H,27,30,32). The van der Waals surface area contributed by atoms with E-state index in [4.69, 9.17) is 35.4 Å². The third kappa shape index (κ3) is 3.97. The minimum atomic E-state index is -0.554. The molecule has 1 saturated heterocycles. The number of benzene rings is 2. The van der Waals surface area contributed by atoms with Crippen LogP contribution in [0.5, 0.6) is 0 Å². The summed E-state index contributed by atoms with van der Waals surface area (Å²) < 4.78 is 2.08. The van der Waals surface area contributed by atoms with Crippen LogP contribution in [-0.4, -0.2) is 21.5 Å². The summed E-state index contributed by atoms with van der Waals surface area (Å²) in [5, 5.41) is 3.22. The van der Waals surface area contributed by atoms with Crippen molar-refractivity contribution in [1.29, 1.82) is 0 Å². The Hall–Kier alpha value is -2.93. The lowest BCUT2D eigenvalue weighted by molar-refractivity contribution is -0.122. The second-order valence-electron chi connectivity index (χ2n) is 7.55. The molecule has 162 valence electrons. The molecule has 5 nitrogen and oxygen atoms in total. The molecule has 1 aliphatic rings. The lowest BCUT2D eigenvalue weighted by Crippen LogP contribution is -2.54. The molecule has 3 aromatic rings. The predicted molar refractivity (Wildman–Crippen MR) is 133 cm³/mol. The lowest BCUT2D eigenvalue weighted by atomic mass is 10.1. The Kier molecular flexibility index (Phi) is 5.95. The number of thiocarbonyl (C=S) groups is 1. The Balaban J connectivity index is 1.77. The van der Waals surface area contributed by atoms with Gasteiger partial charge in [-0.3, -0.25) is 19.8 Å². The Morgan fingerprint density at radius 3 is 2.31 bits per heavy atom. The number of hydrogen-bond acceptors (Lipinski definition) is 3. The van der Waals surface area contributed by atoms with Gasteiger partial charge in [-0.1, -0.05) is 40.9 Å². The number of amides is 2. The largest absolute Gasteiger partial charge is 0.318 e. The van der Waals surface area contributed by atoms with Crippen LogP contribution in [0.25, 0.3) is 11.8 Å². The van der Waals surface area contributed by atoms with Crippen LogP contribution in [0.15, 0.2) is 54.1 Å². The minimum Gasteiger partial charge on any atom is -0.318 e. The van der Waals surface area contributed by atoms with Gasteiger partial charge in [0.1, 0.15) is 5.57 Å². The molecule has 0 radical (unpaired) electrons. The lowest BCUT2D eigenvalue weighted by Gasteiger charge is -2.29. The van der Waals surface area contributed by atoms with Gasteiger partial charge >= 0.3 is 0 Å². The highest BCUT2D eigenvalue weighted by molar-refractivity contribution is 7.80. The van der Waals surface area contributed by atoms with E-state index < -0.39 is 11.8 Å². The number of aromatic nitrogens is 1. The summed E-state index contributed by atoms with van der Waals surface area (Å²) in [7, 11) is 0. The van der Waals surface area contributed by atoms with Crippen LogP contribution >= 0.6 is 35.4 Å². The third-order valence-corrected chi connectivity index (χ3v) is 6.14.